The minimum atomic E-state index is -0.301. The van der Waals surface area contributed by atoms with Gasteiger partial charge in [-0.2, -0.15) is 0 Å². The van der Waals surface area contributed by atoms with E-state index in [-0.39, 0.29) is 5.82 Å². The second-order valence-corrected chi connectivity index (χ2v) is 6.89. The van der Waals surface area contributed by atoms with E-state index in [1.54, 1.807) is 19.4 Å². The third-order valence-electron chi connectivity index (χ3n) is 5.37. The summed E-state index contributed by atoms with van der Waals surface area (Å²) in [6.45, 7) is 3.03. The third kappa shape index (κ3) is 4.37. The van der Waals surface area contributed by atoms with Crippen molar-refractivity contribution < 1.29 is 9.13 Å². The Labute approximate surface area is 149 Å². The SMILES string of the molecule is CCC1CCC(NCc2cc(-c3ccncc3F)ccc2OC)CC1. The molecule has 25 heavy (non-hydrogen) atoms. The zero-order valence-electron chi connectivity index (χ0n) is 15.1. The number of nitrogens with zero attached hydrogens (tertiary/aromatic N) is 1. The van der Waals surface area contributed by atoms with Gasteiger partial charge in [0.25, 0.3) is 0 Å². The van der Waals surface area contributed by atoms with Gasteiger partial charge in [-0.05, 0) is 55.4 Å². The zero-order chi connectivity index (χ0) is 17.6. The van der Waals surface area contributed by atoms with Crippen molar-refractivity contribution in [1.29, 1.82) is 0 Å². The maximum Gasteiger partial charge on any atom is 0.149 e. The Morgan fingerprint density at radius 1 is 1.20 bits per heavy atom. The second-order valence-electron chi connectivity index (χ2n) is 6.89. The highest BCUT2D eigenvalue weighted by Crippen LogP contribution is 2.30. The van der Waals surface area contributed by atoms with E-state index in [4.69, 9.17) is 4.74 Å². The van der Waals surface area contributed by atoms with Crippen LogP contribution < -0.4 is 10.1 Å². The van der Waals surface area contributed by atoms with E-state index in [0.717, 1.165) is 29.3 Å². The number of hydrogen-bond acceptors (Lipinski definition) is 3. The lowest BCUT2D eigenvalue weighted by molar-refractivity contribution is 0.284. The molecule has 1 fully saturated rings. The van der Waals surface area contributed by atoms with Crippen molar-refractivity contribution in [2.75, 3.05) is 7.11 Å². The van der Waals surface area contributed by atoms with Crippen LogP contribution in [-0.4, -0.2) is 18.1 Å². The van der Waals surface area contributed by atoms with Gasteiger partial charge in [-0.25, -0.2) is 4.39 Å². The topological polar surface area (TPSA) is 34.2 Å². The molecule has 1 heterocycles. The summed E-state index contributed by atoms with van der Waals surface area (Å²) >= 11 is 0. The Kier molecular flexibility index (Phi) is 6.03. The molecule has 1 aliphatic rings. The lowest BCUT2D eigenvalue weighted by Gasteiger charge is -2.28. The highest BCUT2D eigenvalue weighted by atomic mass is 19.1. The Bertz CT molecular complexity index is 696. The number of benzene rings is 1. The molecular weight excluding hydrogens is 315 g/mol. The van der Waals surface area contributed by atoms with E-state index in [1.165, 1.54) is 38.3 Å². The number of hydrogen-bond donors (Lipinski definition) is 1. The molecule has 0 spiro atoms. The van der Waals surface area contributed by atoms with Gasteiger partial charge in [-0.1, -0.05) is 19.4 Å². The van der Waals surface area contributed by atoms with Crippen LogP contribution in [0.2, 0.25) is 0 Å². The standard InChI is InChI=1S/C21H27FN2O/c1-3-15-4-7-18(8-5-15)24-13-17-12-16(6-9-21(17)25-2)19-10-11-23-14-20(19)22/h6,9-12,14-15,18,24H,3-5,7-8,13H2,1-2H3. The molecule has 0 aliphatic heterocycles. The first kappa shape index (κ1) is 17.9. The first-order chi connectivity index (χ1) is 12.2. The number of rotatable bonds is 6. The summed E-state index contributed by atoms with van der Waals surface area (Å²) in [5, 5.41) is 3.66. The molecule has 0 unspecified atom stereocenters. The summed E-state index contributed by atoms with van der Waals surface area (Å²) in [5.74, 6) is 1.43. The van der Waals surface area contributed by atoms with Gasteiger partial charge in [0.2, 0.25) is 0 Å². The normalized spacial score (nSPS) is 20.4. The average molecular weight is 342 g/mol. The number of nitrogens with one attached hydrogen (secondary N) is 1. The number of pyridine rings is 1. The highest BCUT2D eigenvalue weighted by molar-refractivity contribution is 5.65. The molecule has 1 saturated carbocycles. The predicted molar refractivity (Wildman–Crippen MR) is 99.1 cm³/mol. The smallest absolute Gasteiger partial charge is 0.149 e. The van der Waals surface area contributed by atoms with Gasteiger partial charge in [0, 0.05) is 29.9 Å². The molecule has 3 rings (SSSR count). The third-order valence-corrected chi connectivity index (χ3v) is 5.37. The van der Waals surface area contributed by atoms with Gasteiger partial charge < -0.3 is 10.1 Å². The van der Waals surface area contributed by atoms with Crippen LogP contribution in [0.15, 0.2) is 36.7 Å². The van der Waals surface area contributed by atoms with Gasteiger partial charge >= 0.3 is 0 Å². The fourth-order valence-electron chi connectivity index (χ4n) is 3.72. The quantitative estimate of drug-likeness (QED) is 0.806. The molecular formula is C21H27FN2O. The molecule has 4 heteroatoms. The molecule has 1 aromatic heterocycles. The highest BCUT2D eigenvalue weighted by Gasteiger charge is 2.20. The van der Waals surface area contributed by atoms with Crippen LogP contribution in [0, 0.1) is 11.7 Å². The van der Waals surface area contributed by atoms with Crippen LogP contribution in [0.3, 0.4) is 0 Å². The largest absolute Gasteiger partial charge is 0.496 e. The minimum absolute atomic E-state index is 0.301. The number of halogens is 1. The first-order valence-corrected chi connectivity index (χ1v) is 9.21. The van der Waals surface area contributed by atoms with E-state index in [0.29, 0.717) is 11.6 Å². The molecule has 0 bridgehead atoms. The van der Waals surface area contributed by atoms with Crippen LogP contribution >= 0.6 is 0 Å². The van der Waals surface area contributed by atoms with E-state index in [9.17, 15) is 4.39 Å². The molecule has 0 saturated heterocycles. The van der Waals surface area contributed by atoms with Gasteiger partial charge in [0.05, 0.1) is 13.3 Å². The molecule has 1 N–H and O–H groups in total. The van der Waals surface area contributed by atoms with Crippen LogP contribution in [0.25, 0.3) is 11.1 Å². The van der Waals surface area contributed by atoms with Crippen LogP contribution in [0.1, 0.15) is 44.6 Å². The predicted octanol–water partition coefficient (Wildman–Crippen LogP) is 4.95. The fraction of sp³-hybridized carbons (Fsp3) is 0.476. The number of ether oxygens (including phenoxy) is 1. The van der Waals surface area contributed by atoms with Gasteiger partial charge in [0.15, 0.2) is 0 Å². The lowest BCUT2D eigenvalue weighted by atomic mass is 9.84. The van der Waals surface area contributed by atoms with Crippen molar-refractivity contribution in [2.45, 2.75) is 51.6 Å². The van der Waals surface area contributed by atoms with E-state index in [1.807, 2.05) is 18.2 Å². The Morgan fingerprint density at radius 3 is 2.68 bits per heavy atom. The van der Waals surface area contributed by atoms with E-state index >= 15 is 0 Å². The van der Waals surface area contributed by atoms with E-state index < -0.39 is 0 Å². The molecule has 0 radical (unpaired) electrons. The second kappa shape index (κ2) is 8.43. The molecule has 2 aromatic rings. The maximum absolute atomic E-state index is 14.0. The summed E-state index contributed by atoms with van der Waals surface area (Å²) in [6, 6.07) is 8.10. The Morgan fingerprint density at radius 2 is 2.00 bits per heavy atom. The molecule has 0 atom stereocenters. The summed E-state index contributed by atoms with van der Waals surface area (Å²) in [4.78, 5) is 3.83. The summed E-state index contributed by atoms with van der Waals surface area (Å²) in [7, 11) is 1.68. The Hall–Kier alpha value is -1.94. The van der Waals surface area contributed by atoms with Crippen LogP contribution in [0.4, 0.5) is 4.39 Å². The maximum atomic E-state index is 14.0. The molecule has 0 amide bonds. The minimum Gasteiger partial charge on any atom is -0.496 e. The fourth-order valence-corrected chi connectivity index (χ4v) is 3.72. The summed E-state index contributed by atoms with van der Waals surface area (Å²) in [6.07, 6.45) is 9.26. The van der Waals surface area contributed by atoms with Gasteiger partial charge in [-0.3, -0.25) is 4.98 Å². The van der Waals surface area contributed by atoms with Crippen LogP contribution in [-0.2, 0) is 6.54 Å². The first-order valence-electron chi connectivity index (χ1n) is 9.21. The summed E-state index contributed by atoms with van der Waals surface area (Å²) < 4.78 is 19.5. The zero-order valence-corrected chi connectivity index (χ0v) is 15.1. The van der Waals surface area contributed by atoms with Gasteiger partial charge in [-0.15, -0.1) is 0 Å². The lowest BCUT2D eigenvalue weighted by Crippen LogP contribution is -2.32. The number of methoxy groups -OCH3 is 1. The number of aromatic nitrogens is 1. The van der Waals surface area contributed by atoms with Gasteiger partial charge in [0.1, 0.15) is 11.6 Å². The molecule has 134 valence electrons. The average Bonchev–Trinajstić information content (AvgIpc) is 2.67. The monoisotopic (exact) mass is 342 g/mol. The van der Waals surface area contributed by atoms with Crippen molar-refractivity contribution in [3.05, 3.63) is 48.0 Å². The Balaban J connectivity index is 1.72. The van der Waals surface area contributed by atoms with Crippen LogP contribution in [0.5, 0.6) is 5.75 Å². The van der Waals surface area contributed by atoms with Crippen molar-refractivity contribution in [1.82, 2.24) is 10.3 Å². The molecule has 1 aromatic carbocycles. The molecule has 1 aliphatic carbocycles. The van der Waals surface area contributed by atoms with E-state index in [2.05, 4.69) is 17.2 Å². The molecule has 3 nitrogen and oxygen atoms in total. The van der Waals surface area contributed by atoms with Crippen molar-refractivity contribution in [2.24, 2.45) is 5.92 Å². The van der Waals surface area contributed by atoms with Crippen molar-refractivity contribution in [3.8, 4) is 16.9 Å². The van der Waals surface area contributed by atoms with Crippen molar-refractivity contribution in [3.63, 3.8) is 0 Å². The summed E-state index contributed by atoms with van der Waals surface area (Å²) in [5.41, 5.74) is 2.49. The van der Waals surface area contributed by atoms with Crippen molar-refractivity contribution >= 4 is 0 Å².